The van der Waals surface area contributed by atoms with Gasteiger partial charge in [0.25, 0.3) is 10.0 Å². The highest BCUT2D eigenvalue weighted by Gasteiger charge is 2.27. The van der Waals surface area contributed by atoms with E-state index in [1.54, 1.807) is 0 Å². The van der Waals surface area contributed by atoms with E-state index < -0.39 is 10.0 Å². The van der Waals surface area contributed by atoms with Crippen LogP contribution in [0.4, 0.5) is 0 Å². The van der Waals surface area contributed by atoms with Crippen molar-refractivity contribution in [3.63, 3.8) is 0 Å². The van der Waals surface area contributed by atoms with Crippen LogP contribution < -0.4 is 0 Å². The summed E-state index contributed by atoms with van der Waals surface area (Å²) in [6, 6.07) is 5.90. The third-order valence-corrected chi connectivity index (χ3v) is 4.58. The lowest BCUT2D eigenvalue weighted by Crippen LogP contribution is -2.35. The first-order chi connectivity index (χ1) is 8.55. The molecule has 1 fully saturated rings. The molecule has 0 atom stereocenters. The van der Waals surface area contributed by atoms with Crippen LogP contribution >= 0.6 is 11.6 Å². The maximum absolute atomic E-state index is 12.2. The van der Waals surface area contributed by atoms with Gasteiger partial charge in [-0.15, -0.1) is 0 Å². The zero-order valence-corrected chi connectivity index (χ0v) is 11.0. The molecule has 1 aromatic carbocycles. The van der Waals surface area contributed by atoms with Crippen molar-refractivity contribution in [2.24, 2.45) is 0 Å². The van der Waals surface area contributed by atoms with Crippen LogP contribution in [0.3, 0.4) is 0 Å². The molecule has 96 valence electrons. The van der Waals surface area contributed by atoms with Gasteiger partial charge in [-0.3, -0.25) is 4.84 Å². The minimum atomic E-state index is -3.69. The number of benzene rings is 1. The minimum absolute atomic E-state index is 0.0356. The van der Waals surface area contributed by atoms with Crippen LogP contribution in [0.5, 0.6) is 0 Å². The van der Waals surface area contributed by atoms with Crippen molar-refractivity contribution in [1.82, 2.24) is 4.47 Å². The highest BCUT2D eigenvalue weighted by atomic mass is 35.5. The normalized spacial score (nSPS) is 17.3. The average Bonchev–Trinajstić information content (AvgIpc) is 2.39. The molecule has 0 unspecified atom stereocenters. The molecule has 1 aliphatic heterocycles. The summed E-state index contributed by atoms with van der Waals surface area (Å²) in [5.74, 6) is 0. The van der Waals surface area contributed by atoms with E-state index in [4.69, 9.17) is 21.7 Å². The fourth-order valence-corrected chi connectivity index (χ4v) is 3.24. The van der Waals surface area contributed by atoms with Gasteiger partial charge in [0, 0.05) is 6.54 Å². The first kappa shape index (κ1) is 13.3. The van der Waals surface area contributed by atoms with Crippen LogP contribution in [0.25, 0.3) is 0 Å². The Kier molecular flexibility index (Phi) is 3.88. The molecule has 0 radical (unpaired) electrons. The van der Waals surface area contributed by atoms with Crippen molar-refractivity contribution in [2.75, 3.05) is 13.2 Å². The number of nitriles is 1. The highest BCUT2D eigenvalue weighted by molar-refractivity contribution is 7.89. The first-order valence-electron chi connectivity index (χ1n) is 5.41. The van der Waals surface area contributed by atoms with Gasteiger partial charge in [-0.05, 0) is 31.0 Å². The summed E-state index contributed by atoms with van der Waals surface area (Å²) >= 11 is 5.83. The standard InChI is InChI=1S/C11H11ClN2O3S/c12-11-7-10(4-3-9(11)8-13)18(15,16)14-5-1-2-6-17-14/h3-4,7H,1-2,5-6H2. The first-order valence-corrected chi connectivity index (χ1v) is 7.23. The molecular formula is C11H11ClN2O3S. The van der Waals surface area contributed by atoms with E-state index >= 15 is 0 Å². The molecule has 1 aromatic rings. The van der Waals surface area contributed by atoms with Gasteiger partial charge < -0.3 is 0 Å². The number of hydrogen-bond acceptors (Lipinski definition) is 4. The van der Waals surface area contributed by atoms with Gasteiger partial charge in [-0.25, -0.2) is 8.42 Å². The highest BCUT2D eigenvalue weighted by Crippen LogP contribution is 2.24. The van der Waals surface area contributed by atoms with Gasteiger partial charge in [0.1, 0.15) is 6.07 Å². The second-order valence-electron chi connectivity index (χ2n) is 3.83. The summed E-state index contributed by atoms with van der Waals surface area (Å²) in [5.41, 5.74) is 0.246. The van der Waals surface area contributed by atoms with Crippen molar-refractivity contribution in [3.05, 3.63) is 28.8 Å². The van der Waals surface area contributed by atoms with Gasteiger partial charge in [0.05, 0.1) is 22.1 Å². The smallest absolute Gasteiger partial charge is 0.265 e. The Morgan fingerprint density at radius 2 is 2.17 bits per heavy atom. The van der Waals surface area contributed by atoms with Crippen LogP contribution in [0.1, 0.15) is 18.4 Å². The predicted molar refractivity (Wildman–Crippen MR) is 65.2 cm³/mol. The monoisotopic (exact) mass is 286 g/mol. The van der Waals surface area contributed by atoms with Crippen LogP contribution in [0.2, 0.25) is 5.02 Å². The maximum atomic E-state index is 12.2. The Balaban J connectivity index is 2.35. The Morgan fingerprint density at radius 1 is 1.39 bits per heavy atom. The molecule has 1 heterocycles. The molecule has 5 nitrogen and oxygen atoms in total. The lowest BCUT2D eigenvalue weighted by molar-refractivity contribution is -0.108. The summed E-state index contributed by atoms with van der Waals surface area (Å²) < 4.78 is 25.4. The molecule has 0 N–H and O–H groups in total. The summed E-state index contributed by atoms with van der Waals surface area (Å²) in [6.07, 6.45) is 1.61. The summed E-state index contributed by atoms with van der Waals surface area (Å²) in [4.78, 5) is 5.17. The number of hydrogen-bond donors (Lipinski definition) is 0. The zero-order valence-electron chi connectivity index (χ0n) is 9.47. The zero-order chi connectivity index (χ0) is 13.2. The molecule has 0 aliphatic carbocycles. The minimum Gasteiger partial charge on any atom is -0.284 e. The lowest BCUT2D eigenvalue weighted by Gasteiger charge is -2.25. The molecule has 0 bridgehead atoms. The van der Waals surface area contributed by atoms with Crippen LogP contribution in [0, 0.1) is 11.3 Å². The molecular weight excluding hydrogens is 276 g/mol. The second-order valence-corrected chi connectivity index (χ2v) is 6.06. The van der Waals surface area contributed by atoms with Crippen molar-refractivity contribution < 1.29 is 13.3 Å². The number of rotatable bonds is 2. The van der Waals surface area contributed by atoms with E-state index in [-0.39, 0.29) is 15.5 Å². The predicted octanol–water partition coefficient (Wildman–Crippen LogP) is 1.93. The van der Waals surface area contributed by atoms with E-state index in [2.05, 4.69) is 0 Å². The number of hydroxylamine groups is 1. The molecule has 0 saturated carbocycles. The number of nitrogens with zero attached hydrogens (tertiary/aromatic N) is 2. The molecule has 0 aromatic heterocycles. The molecule has 1 aliphatic rings. The largest absolute Gasteiger partial charge is 0.284 e. The fraction of sp³-hybridized carbons (Fsp3) is 0.364. The van der Waals surface area contributed by atoms with E-state index in [1.807, 2.05) is 6.07 Å². The van der Waals surface area contributed by atoms with Gasteiger partial charge in [-0.1, -0.05) is 16.1 Å². The van der Waals surface area contributed by atoms with E-state index in [9.17, 15) is 8.42 Å². The molecule has 0 amide bonds. The van der Waals surface area contributed by atoms with Crippen LogP contribution in [0.15, 0.2) is 23.1 Å². The van der Waals surface area contributed by atoms with Crippen molar-refractivity contribution in [1.29, 1.82) is 5.26 Å². The van der Waals surface area contributed by atoms with Gasteiger partial charge in [0.15, 0.2) is 0 Å². The molecule has 18 heavy (non-hydrogen) atoms. The molecule has 7 heteroatoms. The average molecular weight is 287 g/mol. The Hall–Kier alpha value is -1.13. The Labute approximate surface area is 111 Å². The Bertz CT molecular complexity index is 589. The van der Waals surface area contributed by atoms with Gasteiger partial charge in [-0.2, -0.15) is 5.26 Å². The van der Waals surface area contributed by atoms with Crippen LogP contribution in [-0.4, -0.2) is 26.0 Å². The van der Waals surface area contributed by atoms with E-state index in [0.29, 0.717) is 13.2 Å². The third kappa shape index (κ3) is 2.49. The molecule has 2 rings (SSSR count). The van der Waals surface area contributed by atoms with Gasteiger partial charge in [0.2, 0.25) is 0 Å². The summed E-state index contributed by atoms with van der Waals surface area (Å²) in [5, 5.41) is 8.86. The molecule has 1 saturated heterocycles. The quantitative estimate of drug-likeness (QED) is 0.833. The SMILES string of the molecule is N#Cc1ccc(S(=O)(=O)N2CCCCO2)cc1Cl. The number of halogens is 1. The van der Waals surface area contributed by atoms with Crippen LogP contribution in [-0.2, 0) is 14.9 Å². The Morgan fingerprint density at radius 3 is 2.72 bits per heavy atom. The van der Waals surface area contributed by atoms with Gasteiger partial charge >= 0.3 is 0 Å². The summed E-state index contributed by atoms with van der Waals surface area (Å²) in [7, 11) is -3.69. The lowest BCUT2D eigenvalue weighted by atomic mass is 10.2. The summed E-state index contributed by atoms with van der Waals surface area (Å²) in [6.45, 7) is 0.725. The van der Waals surface area contributed by atoms with Crippen molar-refractivity contribution >= 4 is 21.6 Å². The van der Waals surface area contributed by atoms with E-state index in [1.165, 1.54) is 18.2 Å². The maximum Gasteiger partial charge on any atom is 0.265 e. The van der Waals surface area contributed by atoms with E-state index in [0.717, 1.165) is 17.3 Å². The second kappa shape index (κ2) is 5.24. The van der Waals surface area contributed by atoms with Crippen molar-refractivity contribution in [3.8, 4) is 6.07 Å². The number of sulfonamides is 1. The van der Waals surface area contributed by atoms with Crippen molar-refractivity contribution in [2.45, 2.75) is 17.7 Å². The third-order valence-electron chi connectivity index (χ3n) is 2.60. The topological polar surface area (TPSA) is 70.4 Å². The molecule has 0 spiro atoms. The fourth-order valence-electron chi connectivity index (χ4n) is 1.63.